The number of nitrogens with one attached hydrogen (secondary N) is 1. The molecule has 0 aliphatic carbocycles. The second kappa shape index (κ2) is 9.13. The molecule has 10 heteroatoms. The Kier molecular flexibility index (Phi) is 6.52. The molecule has 0 aliphatic heterocycles. The molecule has 2 N–H and O–H groups in total. The van der Waals surface area contributed by atoms with E-state index < -0.39 is 30.2 Å². The summed E-state index contributed by atoms with van der Waals surface area (Å²) < 4.78 is 46.4. The van der Waals surface area contributed by atoms with Crippen molar-refractivity contribution in [2.75, 3.05) is 11.9 Å². The topological polar surface area (TPSA) is 97.1 Å². The molecule has 0 aliphatic rings. The summed E-state index contributed by atoms with van der Waals surface area (Å²) in [5.74, 6) is -2.00. The van der Waals surface area contributed by atoms with E-state index in [4.69, 9.17) is 9.84 Å². The van der Waals surface area contributed by atoms with Gasteiger partial charge in [0.15, 0.2) is 6.61 Å². The van der Waals surface area contributed by atoms with Gasteiger partial charge in [-0.25, -0.2) is 4.79 Å². The van der Waals surface area contributed by atoms with Crippen LogP contribution in [-0.2, 0) is 33.4 Å². The smallest absolute Gasteiger partial charge is 0.416 e. The number of anilines is 1. The number of pyridine rings is 1. The van der Waals surface area contributed by atoms with E-state index in [1.165, 1.54) is 12.1 Å². The summed E-state index contributed by atoms with van der Waals surface area (Å²) in [7, 11) is 0. The van der Waals surface area contributed by atoms with Crippen LogP contribution < -0.4 is 10.1 Å². The molecular formula is C22H19F3N2O5. The monoisotopic (exact) mass is 448 g/mol. The average molecular weight is 448 g/mol. The van der Waals surface area contributed by atoms with Crippen molar-refractivity contribution < 1.29 is 37.4 Å². The average Bonchev–Trinajstić information content (AvgIpc) is 3.04. The number of halogens is 3. The molecule has 0 spiro atoms. The first-order valence-corrected chi connectivity index (χ1v) is 9.57. The Bertz CT molecular complexity index is 1180. The van der Waals surface area contributed by atoms with Gasteiger partial charge < -0.3 is 19.6 Å². The number of aldehydes is 1. The number of carbonyl (C=O) groups is 3. The van der Waals surface area contributed by atoms with Crippen molar-refractivity contribution in [2.45, 2.75) is 25.9 Å². The number of fused-ring (bicyclic) bond motifs is 1. The highest BCUT2D eigenvalue weighted by atomic mass is 19.4. The minimum absolute atomic E-state index is 0.0909. The Balaban J connectivity index is 2.19. The summed E-state index contributed by atoms with van der Waals surface area (Å²) in [5, 5.41) is 11.4. The highest BCUT2D eigenvalue weighted by molar-refractivity contribution is 6.30. The van der Waals surface area contributed by atoms with Gasteiger partial charge in [0, 0.05) is 18.3 Å². The third kappa shape index (κ3) is 4.74. The molecule has 0 fully saturated rings. The summed E-state index contributed by atoms with van der Waals surface area (Å²) in [5.41, 5.74) is 1.32. The lowest BCUT2D eigenvalue weighted by molar-refractivity contribution is -0.139. The van der Waals surface area contributed by atoms with Crippen LogP contribution in [0, 0.1) is 0 Å². The Hall–Kier alpha value is -3.82. The largest absolute Gasteiger partial charge is 0.480 e. The highest BCUT2D eigenvalue weighted by Crippen LogP contribution is 2.37. The Morgan fingerprint density at radius 2 is 1.97 bits per heavy atom. The lowest BCUT2D eigenvalue weighted by atomic mass is 10.0. The number of benzene rings is 1. The van der Waals surface area contributed by atoms with Crippen LogP contribution in [0.5, 0.6) is 5.75 Å². The molecule has 0 saturated carbocycles. The zero-order valence-corrected chi connectivity index (χ0v) is 16.9. The van der Waals surface area contributed by atoms with Crippen molar-refractivity contribution in [3.63, 3.8) is 0 Å². The first-order valence-electron chi connectivity index (χ1n) is 9.57. The highest BCUT2D eigenvalue weighted by Gasteiger charge is 2.30. The minimum atomic E-state index is -4.49. The normalized spacial score (nSPS) is 11.4. The molecule has 0 bridgehead atoms. The molecule has 2 aromatic heterocycles. The molecule has 1 amide bonds. The van der Waals surface area contributed by atoms with Crippen LogP contribution in [0.4, 0.5) is 18.9 Å². The van der Waals surface area contributed by atoms with E-state index in [-0.39, 0.29) is 24.1 Å². The molecule has 1 aromatic carbocycles. The zero-order chi connectivity index (χ0) is 23.5. The maximum atomic E-state index is 13.1. The molecule has 7 nitrogen and oxygen atoms in total. The fourth-order valence-corrected chi connectivity index (χ4v) is 3.56. The van der Waals surface area contributed by atoms with Gasteiger partial charge in [-0.05, 0) is 35.7 Å². The Labute approximate surface area is 180 Å². The molecule has 32 heavy (non-hydrogen) atoms. The number of amides is 1. The Morgan fingerprint density at radius 3 is 2.59 bits per heavy atom. The Morgan fingerprint density at radius 1 is 1.22 bits per heavy atom. The number of alkyl halides is 3. The number of carbonyl (C=O) groups excluding carboxylic acids is 2. The standard InChI is InChI=1S/C22H19F3N2O5/c1-2-15-16(10-13-5-3-6-14(9-13)22(23,24)25)27-8-4-7-17(32-12-19(30)31)21(27)20(15)26-18(29)11-28/h3-9,11H,2,10,12H2,1H3,(H,26,29)(H,30,31). The van der Waals surface area contributed by atoms with Crippen LogP contribution in [0.25, 0.3) is 5.52 Å². The van der Waals surface area contributed by atoms with E-state index in [1.54, 1.807) is 29.7 Å². The van der Waals surface area contributed by atoms with Gasteiger partial charge in [-0.2, -0.15) is 13.2 Å². The van der Waals surface area contributed by atoms with E-state index in [1.807, 2.05) is 0 Å². The quantitative estimate of drug-likeness (QED) is 0.405. The van der Waals surface area contributed by atoms with Gasteiger partial charge in [-0.1, -0.05) is 25.1 Å². The molecule has 168 valence electrons. The van der Waals surface area contributed by atoms with Crippen LogP contribution in [0.3, 0.4) is 0 Å². The van der Waals surface area contributed by atoms with E-state index in [9.17, 15) is 27.6 Å². The number of hydrogen-bond acceptors (Lipinski definition) is 4. The van der Waals surface area contributed by atoms with Gasteiger partial charge in [0.25, 0.3) is 5.91 Å². The molecule has 0 atom stereocenters. The van der Waals surface area contributed by atoms with Gasteiger partial charge >= 0.3 is 12.1 Å². The van der Waals surface area contributed by atoms with Crippen LogP contribution in [0.2, 0.25) is 0 Å². The van der Waals surface area contributed by atoms with E-state index in [0.717, 1.165) is 12.1 Å². The van der Waals surface area contributed by atoms with Gasteiger partial charge in [-0.15, -0.1) is 0 Å². The van der Waals surface area contributed by atoms with Crippen LogP contribution in [-0.4, -0.2) is 34.3 Å². The predicted molar refractivity (Wildman–Crippen MR) is 109 cm³/mol. The summed E-state index contributed by atoms with van der Waals surface area (Å²) in [6.45, 7) is 1.15. The summed E-state index contributed by atoms with van der Waals surface area (Å²) >= 11 is 0. The van der Waals surface area contributed by atoms with Crippen LogP contribution >= 0.6 is 0 Å². The van der Waals surface area contributed by atoms with Gasteiger partial charge in [-0.3, -0.25) is 9.59 Å². The number of rotatable bonds is 8. The van der Waals surface area contributed by atoms with Crippen LogP contribution in [0.1, 0.15) is 29.3 Å². The molecule has 3 aromatic rings. The number of carboxylic acids is 1. The van der Waals surface area contributed by atoms with Crippen LogP contribution in [0.15, 0.2) is 42.6 Å². The van der Waals surface area contributed by atoms with E-state index >= 15 is 0 Å². The summed E-state index contributed by atoms with van der Waals surface area (Å²) in [4.78, 5) is 33.7. The van der Waals surface area contributed by atoms with Crippen molar-refractivity contribution in [3.05, 3.63) is 65.0 Å². The first kappa shape index (κ1) is 22.9. The van der Waals surface area contributed by atoms with Crippen molar-refractivity contribution in [1.29, 1.82) is 0 Å². The lowest BCUT2D eigenvalue weighted by Crippen LogP contribution is -2.14. The van der Waals surface area contributed by atoms with E-state index in [2.05, 4.69) is 5.32 Å². The number of carboxylic acid groups (broad SMARTS) is 1. The maximum Gasteiger partial charge on any atom is 0.416 e. The van der Waals surface area contributed by atoms with Gasteiger partial charge in [0.05, 0.1) is 11.3 Å². The molecule has 3 rings (SSSR count). The number of nitrogens with zero attached hydrogens (tertiary/aromatic N) is 1. The minimum Gasteiger partial charge on any atom is -0.480 e. The fraction of sp³-hybridized carbons (Fsp3) is 0.227. The molecular weight excluding hydrogens is 429 g/mol. The molecule has 0 unspecified atom stereocenters. The van der Waals surface area contributed by atoms with Crippen molar-refractivity contribution in [1.82, 2.24) is 4.40 Å². The second-order valence-electron chi connectivity index (χ2n) is 6.91. The number of aromatic nitrogens is 1. The second-order valence-corrected chi connectivity index (χ2v) is 6.91. The number of hydrogen-bond donors (Lipinski definition) is 2. The number of aliphatic carboxylic acids is 1. The van der Waals surface area contributed by atoms with Gasteiger partial charge in [0.2, 0.25) is 6.29 Å². The van der Waals surface area contributed by atoms with Crippen molar-refractivity contribution in [2.24, 2.45) is 0 Å². The number of ether oxygens (including phenoxy) is 1. The summed E-state index contributed by atoms with van der Waals surface area (Å²) in [6.07, 6.45) is -2.31. The predicted octanol–water partition coefficient (Wildman–Crippen LogP) is 3.71. The van der Waals surface area contributed by atoms with Crippen molar-refractivity contribution >= 4 is 29.4 Å². The molecule has 0 radical (unpaired) electrons. The van der Waals surface area contributed by atoms with E-state index in [0.29, 0.717) is 28.8 Å². The van der Waals surface area contributed by atoms with Gasteiger partial charge in [0.1, 0.15) is 11.3 Å². The van der Waals surface area contributed by atoms with Crippen molar-refractivity contribution in [3.8, 4) is 5.75 Å². The third-order valence-corrected chi connectivity index (χ3v) is 4.82. The first-order chi connectivity index (χ1) is 15.2. The SMILES string of the molecule is CCc1c(NC(=O)C=O)c2c(OCC(=O)O)cccn2c1Cc1cccc(C(F)(F)F)c1. The molecule has 2 heterocycles. The summed E-state index contributed by atoms with van der Waals surface area (Å²) in [6, 6.07) is 7.99. The lowest BCUT2D eigenvalue weighted by Gasteiger charge is -2.11. The zero-order valence-electron chi connectivity index (χ0n) is 16.9. The third-order valence-electron chi connectivity index (χ3n) is 4.82. The molecule has 0 saturated heterocycles. The maximum absolute atomic E-state index is 13.1. The fourth-order valence-electron chi connectivity index (χ4n) is 3.56.